The van der Waals surface area contributed by atoms with Gasteiger partial charge in [-0.2, -0.15) is 5.26 Å². The van der Waals surface area contributed by atoms with E-state index >= 15 is 0 Å². The third kappa shape index (κ3) is 4.69. The van der Waals surface area contributed by atoms with Gasteiger partial charge in [0, 0.05) is 37.4 Å². The largest absolute Gasteiger partial charge is 0.366 e. The van der Waals surface area contributed by atoms with Gasteiger partial charge in [-0.25, -0.2) is 18.4 Å². The molecular formula is C25H27N5O2S. The molecule has 0 saturated carbocycles. The molecule has 1 aliphatic heterocycles. The first-order valence-electron chi connectivity index (χ1n) is 10.8. The first kappa shape index (κ1) is 22.7. The zero-order valence-electron chi connectivity index (χ0n) is 19.3. The van der Waals surface area contributed by atoms with Crippen molar-refractivity contribution >= 4 is 21.3 Å². The highest BCUT2D eigenvalue weighted by Gasteiger charge is 2.24. The molecule has 170 valence electrons. The number of rotatable bonds is 5. The minimum atomic E-state index is -3.31. The third-order valence-corrected chi connectivity index (χ3v) is 7.32. The zero-order chi connectivity index (χ0) is 23.8. The van der Waals surface area contributed by atoms with Gasteiger partial charge in [0.1, 0.15) is 18.2 Å². The average molecular weight is 462 g/mol. The van der Waals surface area contributed by atoms with E-state index in [2.05, 4.69) is 26.3 Å². The molecule has 0 spiro atoms. The van der Waals surface area contributed by atoms with E-state index in [1.807, 2.05) is 44.2 Å². The fraction of sp³-hybridized carbons (Fsp3) is 0.320. The number of hydrogen-bond acceptors (Lipinski definition) is 7. The molecule has 0 aliphatic carbocycles. The number of nitrogens with one attached hydrogen (secondary N) is 1. The highest BCUT2D eigenvalue weighted by Crippen LogP contribution is 2.31. The maximum atomic E-state index is 12.2. The van der Waals surface area contributed by atoms with Gasteiger partial charge in [0.05, 0.1) is 21.8 Å². The second kappa shape index (κ2) is 8.83. The van der Waals surface area contributed by atoms with Gasteiger partial charge in [-0.15, -0.1) is 0 Å². The molecule has 2 aromatic carbocycles. The molecule has 8 heteroatoms. The van der Waals surface area contributed by atoms with Gasteiger partial charge in [0.25, 0.3) is 0 Å². The molecule has 0 saturated heterocycles. The summed E-state index contributed by atoms with van der Waals surface area (Å²) in [4.78, 5) is 11.5. The summed E-state index contributed by atoms with van der Waals surface area (Å²) in [6, 6.07) is 13.6. The Bertz CT molecular complexity index is 1360. The molecule has 1 N–H and O–H groups in total. The number of hydrogen-bond donors (Lipinski definition) is 1. The molecule has 4 rings (SSSR count). The lowest BCUT2D eigenvalue weighted by atomic mass is 10.0. The molecule has 3 aromatic rings. The lowest BCUT2D eigenvalue weighted by molar-refractivity contribution is 0.601. The Morgan fingerprint density at radius 2 is 1.94 bits per heavy atom. The minimum Gasteiger partial charge on any atom is -0.366 e. The lowest BCUT2D eigenvalue weighted by Crippen LogP contribution is -2.32. The van der Waals surface area contributed by atoms with Crippen LogP contribution in [-0.2, 0) is 22.8 Å². The molecule has 1 aliphatic rings. The molecule has 0 bridgehead atoms. The summed E-state index contributed by atoms with van der Waals surface area (Å²) in [5.74, 6) is 0.726. The van der Waals surface area contributed by atoms with Gasteiger partial charge in [-0.3, -0.25) is 0 Å². The molecule has 1 unspecified atom stereocenters. The molecule has 1 aromatic heterocycles. The van der Waals surface area contributed by atoms with Gasteiger partial charge >= 0.3 is 0 Å². The van der Waals surface area contributed by atoms with Crippen LogP contribution in [0.1, 0.15) is 46.5 Å². The summed E-state index contributed by atoms with van der Waals surface area (Å²) in [7, 11) is -3.31. The Balaban J connectivity index is 1.63. The van der Waals surface area contributed by atoms with Gasteiger partial charge < -0.3 is 10.2 Å². The Morgan fingerprint density at radius 3 is 2.67 bits per heavy atom. The van der Waals surface area contributed by atoms with Crippen LogP contribution < -0.4 is 10.2 Å². The highest BCUT2D eigenvalue weighted by molar-refractivity contribution is 7.90. The summed E-state index contributed by atoms with van der Waals surface area (Å²) in [6.07, 6.45) is 3.54. The van der Waals surface area contributed by atoms with Crippen molar-refractivity contribution in [1.29, 1.82) is 5.26 Å². The monoisotopic (exact) mass is 461 g/mol. The van der Waals surface area contributed by atoms with E-state index in [0.717, 1.165) is 52.4 Å². The smallest absolute Gasteiger partial charge is 0.175 e. The van der Waals surface area contributed by atoms with Crippen molar-refractivity contribution in [2.24, 2.45) is 0 Å². The van der Waals surface area contributed by atoms with Crippen molar-refractivity contribution in [2.45, 2.75) is 44.7 Å². The van der Waals surface area contributed by atoms with Gasteiger partial charge in [0.15, 0.2) is 9.84 Å². The molecule has 7 nitrogen and oxygen atoms in total. The van der Waals surface area contributed by atoms with E-state index in [1.165, 1.54) is 6.26 Å². The number of benzene rings is 2. The van der Waals surface area contributed by atoms with E-state index in [9.17, 15) is 13.7 Å². The fourth-order valence-corrected chi connectivity index (χ4v) is 5.26. The summed E-state index contributed by atoms with van der Waals surface area (Å²) in [6.45, 7) is 7.12. The minimum absolute atomic E-state index is 0.158. The summed E-state index contributed by atoms with van der Waals surface area (Å²) >= 11 is 0. The van der Waals surface area contributed by atoms with E-state index in [-0.39, 0.29) is 6.04 Å². The fourth-order valence-electron chi connectivity index (χ4n) is 4.26. The Hall–Kier alpha value is -3.44. The van der Waals surface area contributed by atoms with Gasteiger partial charge in [-0.1, -0.05) is 18.2 Å². The number of aryl methyl sites for hydroxylation is 2. The highest BCUT2D eigenvalue weighted by atomic mass is 32.2. The Kier molecular flexibility index (Phi) is 6.09. The maximum Gasteiger partial charge on any atom is 0.175 e. The van der Waals surface area contributed by atoms with Crippen LogP contribution in [0.4, 0.5) is 11.5 Å². The van der Waals surface area contributed by atoms with E-state index < -0.39 is 9.84 Å². The molecule has 0 radical (unpaired) electrons. The predicted molar refractivity (Wildman–Crippen MR) is 129 cm³/mol. The van der Waals surface area contributed by atoms with Crippen LogP contribution >= 0.6 is 0 Å². The molecule has 2 heterocycles. The number of anilines is 2. The quantitative estimate of drug-likeness (QED) is 0.610. The van der Waals surface area contributed by atoms with Crippen molar-refractivity contribution in [3.63, 3.8) is 0 Å². The summed E-state index contributed by atoms with van der Waals surface area (Å²) in [5.41, 5.74) is 6.21. The molecule has 0 fully saturated rings. The van der Waals surface area contributed by atoms with Crippen LogP contribution in [0.5, 0.6) is 0 Å². The predicted octanol–water partition coefficient (Wildman–Crippen LogP) is 4.10. The molecule has 33 heavy (non-hydrogen) atoms. The van der Waals surface area contributed by atoms with E-state index in [0.29, 0.717) is 17.0 Å². The van der Waals surface area contributed by atoms with Crippen molar-refractivity contribution in [3.05, 3.63) is 76.2 Å². The Morgan fingerprint density at radius 1 is 1.15 bits per heavy atom. The van der Waals surface area contributed by atoms with E-state index in [1.54, 1.807) is 19.3 Å². The van der Waals surface area contributed by atoms with E-state index in [4.69, 9.17) is 0 Å². The van der Waals surface area contributed by atoms with Crippen LogP contribution in [0.25, 0.3) is 0 Å². The van der Waals surface area contributed by atoms with Crippen molar-refractivity contribution < 1.29 is 8.42 Å². The maximum absolute atomic E-state index is 12.2. The lowest BCUT2D eigenvalue weighted by Gasteiger charge is -2.32. The van der Waals surface area contributed by atoms with Gasteiger partial charge in [-0.05, 0) is 55.7 Å². The normalized spacial score (nSPS) is 14.3. The van der Waals surface area contributed by atoms with Crippen LogP contribution in [0.2, 0.25) is 0 Å². The first-order chi connectivity index (χ1) is 15.7. The number of aromatic nitrogens is 2. The molecule has 0 amide bonds. The molecule has 1 atom stereocenters. The van der Waals surface area contributed by atoms with Crippen LogP contribution in [0, 0.1) is 25.2 Å². The Labute approximate surface area is 195 Å². The van der Waals surface area contributed by atoms with Crippen molar-refractivity contribution in [2.75, 3.05) is 23.0 Å². The summed E-state index contributed by atoms with van der Waals surface area (Å²) in [5, 5.41) is 13.1. The average Bonchev–Trinajstić information content (AvgIpc) is 2.78. The second-order valence-electron chi connectivity index (χ2n) is 8.61. The number of nitriles is 1. The molecular weight excluding hydrogens is 434 g/mol. The van der Waals surface area contributed by atoms with Crippen molar-refractivity contribution in [3.8, 4) is 6.07 Å². The standard InChI is InChI=1S/C25H27N5O2S/c1-16-5-8-23(20(11-16)13-26)30-10-9-22-21(14-30)25(28-15-27-22)29-18(3)19-7-6-17(2)24(12-19)33(4,31)32/h5-8,11-12,15,18H,9-10,14H2,1-4H3,(H,27,28,29). The first-order valence-corrected chi connectivity index (χ1v) is 12.7. The number of nitrogens with zero attached hydrogens (tertiary/aromatic N) is 4. The SMILES string of the molecule is Cc1ccc(N2CCc3ncnc(NC(C)c4ccc(C)c(S(C)(=O)=O)c4)c3C2)c(C#N)c1. The zero-order valence-corrected chi connectivity index (χ0v) is 20.1. The third-order valence-electron chi connectivity index (χ3n) is 6.08. The summed E-state index contributed by atoms with van der Waals surface area (Å²) < 4.78 is 24.3. The topological polar surface area (TPSA) is 99.0 Å². The van der Waals surface area contributed by atoms with Crippen molar-refractivity contribution in [1.82, 2.24) is 9.97 Å². The van der Waals surface area contributed by atoms with Gasteiger partial charge in [0.2, 0.25) is 0 Å². The number of fused-ring (bicyclic) bond motifs is 1. The van der Waals surface area contributed by atoms with Crippen LogP contribution in [0.3, 0.4) is 0 Å². The second-order valence-corrected chi connectivity index (χ2v) is 10.6. The van der Waals surface area contributed by atoms with Crippen LogP contribution in [0.15, 0.2) is 47.6 Å². The van der Waals surface area contributed by atoms with Crippen LogP contribution in [-0.4, -0.2) is 31.2 Å². The number of sulfone groups is 1.